The van der Waals surface area contributed by atoms with Gasteiger partial charge in [0.15, 0.2) is 0 Å². The number of rotatable bonds is 6. The van der Waals surface area contributed by atoms with Gasteiger partial charge in [0, 0.05) is 12.8 Å². The normalized spacial score (nSPS) is 12.3. The van der Waals surface area contributed by atoms with Crippen molar-refractivity contribution in [2.24, 2.45) is 0 Å². The van der Waals surface area contributed by atoms with E-state index >= 15 is 0 Å². The van der Waals surface area contributed by atoms with Crippen LogP contribution in [0.4, 0.5) is 0 Å². The van der Waals surface area contributed by atoms with Crippen molar-refractivity contribution < 1.29 is 15.3 Å². The second kappa shape index (κ2) is 11.8. The Morgan fingerprint density at radius 3 is 1.32 bits per heavy atom. The zero-order valence-corrected chi connectivity index (χ0v) is 27.9. The van der Waals surface area contributed by atoms with Gasteiger partial charge in [-0.25, -0.2) is 0 Å². The molecule has 0 aliphatic heterocycles. The summed E-state index contributed by atoms with van der Waals surface area (Å²) >= 11 is 0. The molecule has 7 aromatic carbocycles. The number of phenolic OH excluding ortho intramolecular Hbond substituents is 3. The number of phenols is 3. The Morgan fingerprint density at radius 2 is 0.840 bits per heavy atom. The number of aryl methyl sites for hydroxylation is 1. The van der Waals surface area contributed by atoms with Crippen LogP contribution >= 0.6 is 0 Å². The van der Waals surface area contributed by atoms with Gasteiger partial charge in [-0.3, -0.25) is 0 Å². The molecule has 0 bridgehead atoms. The van der Waals surface area contributed by atoms with Gasteiger partial charge in [0.2, 0.25) is 0 Å². The Bertz CT molecular complexity index is 2320. The van der Waals surface area contributed by atoms with Gasteiger partial charge in [-0.15, -0.1) is 0 Å². The molecule has 50 heavy (non-hydrogen) atoms. The van der Waals surface area contributed by atoms with Crippen molar-refractivity contribution in [3.63, 3.8) is 0 Å². The lowest BCUT2D eigenvalue weighted by molar-refractivity contribution is 0.457. The fraction of sp³-hybridized carbons (Fsp3) is 0.106. The van der Waals surface area contributed by atoms with Crippen LogP contribution in [0.5, 0.6) is 17.2 Å². The summed E-state index contributed by atoms with van der Waals surface area (Å²) in [5, 5.41) is 33.7. The van der Waals surface area contributed by atoms with Gasteiger partial charge in [-0.1, -0.05) is 115 Å². The number of hydrogen-bond acceptors (Lipinski definition) is 3. The van der Waals surface area contributed by atoms with Crippen LogP contribution in [0.25, 0.3) is 44.5 Å². The molecule has 0 amide bonds. The predicted octanol–water partition coefficient (Wildman–Crippen LogP) is 10.8. The van der Waals surface area contributed by atoms with E-state index in [-0.39, 0.29) is 17.2 Å². The van der Waals surface area contributed by atoms with Gasteiger partial charge in [-0.05, 0) is 133 Å². The van der Waals surface area contributed by atoms with Crippen LogP contribution in [0, 0.1) is 6.92 Å². The van der Waals surface area contributed by atoms with Gasteiger partial charge in [-0.2, -0.15) is 0 Å². The molecule has 2 aliphatic rings. The van der Waals surface area contributed by atoms with Gasteiger partial charge in [0.05, 0.1) is 0 Å². The van der Waals surface area contributed by atoms with Gasteiger partial charge < -0.3 is 15.3 Å². The van der Waals surface area contributed by atoms with E-state index in [0.29, 0.717) is 12.8 Å². The van der Waals surface area contributed by atoms with Crippen molar-refractivity contribution in [2.75, 3.05) is 0 Å². The maximum atomic E-state index is 11.7. The molecule has 0 aromatic heterocycles. The molecule has 0 saturated heterocycles. The van der Waals surface area contributed by atoms with Crippen molar-refractivity contribution in [1.82, 2.24) is 0 Å². The van der Waals surface area contributed by atoms with Crippen molar-refractivity contribution >= 4 is 0 Å². The third kappa shape index (κ3) is 5.05. The van der Waals surface area contributed by atoms with E-state index in [2.05, 4.69) is 97.1 Å². The average molecular weight is 649 g/mol. The van der Waals surface area contributed by atoms with Gasteiger partial charge in [0.25, 0.3) is 0 Å². The quantitative estimate of drug-likeness (QED) is 0.168. The topological polar surface area (TPSA) is 60.7 Å². The lowest BCUT2D eigenvalue weighted by Crippen LogP contribution is -1.98. The van der Waals surface area contributed by atoms with E-state index in [1.54, 1.807) is 12.1 Å². The highest BCUT2D eigenvalue weighted by atomic mass is 16.3. The van der Waals surface area contributed by atoms with Gasteiger partial charge in [0.1, 0.15) is 17.2 Å². The van der Waals surface area contributed by atoms with Crippen LogP contribution in [-0.4, -0.2) is 15.3 Å². The summed E-state index contributed by atoms with van der Waals surface area (Å²) in [6.07, 6.45) is 2.51. The lowest BCUT2D eigenvalue weighted by Gasteiger charge is -2.16. The summed E-state index contributed by atoms with van der Waals surface area (Å²) in [5.74, 6) is 0.599. The second-order valence-corrected chi connectivity index (χ2v) is 13.8. The van der Waals surface area contributed by atoms with Crippen molar-refractivity contribution in [3.05, 3.63) is 184 Å². The largest absolute Gasteiger partial charge is 0.508 e. The first-order valence-electron chi connectivity index (χ1n) is 17.3. The molecule has 0 heterocycles. The Labute approximate surface area is 292 Å². The second-order valence-electron chi connectivity index (χ2n) is 13.8. The first-order valence-corrected chi connectivity index (χ1v) is 17.3. The molecule has 0 atom stereocenters. The molecule has 3 N–H and O–H groups in total. The fourth-order valence-electron chi connectivity index (χ4n) is 8.26. The third-order valence-electron chi connectivity index (χ3n) is 10.7. The monoisotopic (exact) mass is 648 g/mol. The maximum Gasteiger partial charge on any atom is 0.122 e. The smallest absolute Gasteiger partial charge is 0.122 e. The minimum Gasteiger partial charge on any atom is -0.508 e. The molecule has 242 valence electrons. The van der Waals surface area contributed by atoms with E-state index in [1.807, 2.05) is 31.2 Å². The van der Waals surface area contributed by atoms with E-state index in [4.69, 9.17) is 0 Å². The standard InChI is InChI=1S/C47H36O3/c1-28-20-35(24-33-22-31(16-18-45(33)48)39-12-6-14-41-37-10-4-2-8-29(37)26-43(39)41)47(50)36(21-28)25-34-23-32(17-19-46(34)49)40-13-7-15-42-38-11-5-3-9-30(38)27-44(40)42/h2-23,48-50H,24-27H2,1H3. The molecule has 7 aromatic rings. The van der Waals surface area contributed by atoms with Crippen LogP contribution < -0.4 is 0 Å². The summed E-state index contributed by atoms with van der Waals surface area (Å²) in [7, 11) is 0. The summed E-state index contributed by atoms with van der Waals surface area (Å²) in [5.41, 5.74) is 18.8. The van der Waals surface area contributed by atoms with E-state index < -0.39 is 0 Å². The third-order valence-corrected chi connectivity index (χ3v) is 10.7. The Kier molecular flexibility index (Phi) is 7.10. The fourth-order valence-corrected chi connectivity index (χ4v) is 8.26. The number of hydrogen-bond donors (Lipinski definition) is 3. The molecule has 3 nitrogen and oxygen atoms in total. The van der Waals surface area contributed by atoms with Crippen LogP contribution in [0.2, 0.25) is 0 Å². The highest BCUT2D eigenvalue weighted by Gasteiger charge is 2.23. The highest BCUT2D eigenvalue weighted by Crippen LogP contribution is 2.44. The van der Waals surface area contributed by atoms with Gasteiger partial charge >= 0.3 is 0 Å². The molecule has 9 rings (SSSR count). The lowest BCUT2D eigenvalue weighted by atomic mass is 9.90. The van der Waals surface area contributed by atoms with Crippen molar-refractivity contribution in [1.29, 1.82) is 0 Å². The Balaban J connectivity index is 1.03. The van der Waals surface area contributed by atoms with Crippen LogP contribution in [0.1, 0.15) is 50.1 Å². The molecule has 3 heteroatoms. The Hall–Kier alpha value is -6.06. The molecule has 0 unspecified atom stereocenters. The SMILES string of the molecule is Cc1cc(Cc2cc(-c3cccc4c3Cc3ccccc3-4)ccc2O)c(O)c(Cc2cc(-c3cccc4c3Cc3ccccc3-4)ccc2O)c1. The highest BCUT2D eigenvalue weighted by molar-refractivity contribution is 5.86. The number of fused-ring (bicyclic) bond motifs is 6. The summed E-state index contributed by atoms with van der Waals surface area (Å²) < 4.78 is 0. The zero-order chi connectivity index (χ0) is 33.9. The molecule has 0 radical (unpaired) electrons. The molecule has 2 aliphatic carbocycles. The summed E-state index contributed by atoms with van der Waals surface area (Å²) in [6.45, 7) is 2.02. The molecular formula is C47H36O3. The first-order chi connectivity index (χ1) is 24.4. The van der Waals surface area contributed by atoms with Crippen molar-refractivity contribution in [2.45, 2.75) is 32.6 Å². The van der Waals surface area contributed by atoms with E-state index in [0.717, 1.165) is 62.9 Å². The maximum absolute atomic E-state index is 11.7. The molecule has 0 spiro atoms. The molecule has 0 fully saturated rings. The summed E-state index contributed by atoms with van der Waals surface area (Å²) in [4.78, 5) is 0. The van der Waals surface area contributed by atoms with E-state index in [9.17, 15) is 15.3 Å². The Morgan fingerprint density at radius 1 is 0.420 bits per heavy atom. The van der Waals surface area contributed by atoms with Crippen LogP contribution in [0.15, 0.2) is 133 Å². The average Bonchev–Trinajstić information content (AvgIpc) is 3.71. The molecular weight excluding hydrogens is 613 g/mol. The number of benzene rings is 7. The minimum atomic E-state index is 0.192. The number of aromatic hydroxyl groups is 3. The van der Waals surface area contributed by atoms with Crippen LogP contribution in [0.3, 0.4) is 0 Å². The summed E-state index contributed by atoms with van der Waals surface area (Å²) in [6, 6.07) is 45.6. The molecule has 0 saturated carbocycles. The predicted molar refractivity (Wildman–Crippen MR) is 202 cm³/mol. The van der Waals surface area contributed by atoms with Crippen molar-refractivity contribution in [3.8, 4) is 61.8 Å². The first kappa shape index (κ1) is 30.0. The van der Waals surface area contributed by atoms with Crippen LogP contribution in [-0.2, 0) is 25.7 Å². The zero-order valence-electron chi connectivity index (χ0n) is 27.9. The van der Waals surface area contributed by atoms with E-state index in [1.165, 1.54) is 44.5 Å². The minimum absolute atomic E-state index is 0.192.